The van der Waals surface area contributed by atoms with Gasteiger partial charge in [-0.05, 0) is 30.5 Å². The van der Waals surface area contributed by atoms with E-state index in [4.69, 9.17) is 9.15 Å². The Bertz CT molecular complexity index is 1210. The number of H-pyrrole nitrogens is 1. The summed E-state index contributed by atoms with van der Waals surface area (Å²) in [4.78, 5) is 17.0. The quantitative estimate of drug-likeness (QED) is 0.651. The molecule has 1 amide bonds. The topological polar surface area (TPSA) is 122 Å². The first-order valence-corrected chi connectivity index (χ1v) is 11.5. The van der Waals surface area contributed by atoms with Crippen LogP contribution in [0.25, 0.3) is 11.6 Å². The lowest BCUT2D eigenvalue weighted by atomic mass is 10.0. The molecule has 0 bridgehead atoms. The fourth-order valence-corrected chi connectivity index (χ4v) is 5.38. The summed E-state index contributed by atoms with van der Waals surface area (Å²) in [5.41, 5.74) is 2.04. The van der Waals surface area contributed by atoms with Crippen LogP contribution in [0, 0.1) is 0 Å². The smallest absolute Gasteiger partial charge is 0.311 e. The zero-order valence-electron chi connectivity index (χ0n) is 16.7. The number of para-hydroxylation sites is 1. The van der Waals surface area contributed by atoms with Crippen LogP contribution in [0.2, 0.25) is 0 Å². The third-order valence-corrected chi connectivity index (χ3v) is 7.24. The first-order chi connectivity index (χ1) is 15.0. The number of nitrogens with one attached hydrogen (secondary N) is 1. The van der Waals surface area contributed by atoms with Gasteiger partial charge in [-0.3, -0.25) is 9.10 Å². The molecule has 2 aliphatic rings. The number of amides is 1. The summed E-state index contributed by atoms with van der Waals surface area (Å²) in [5, 5.41) is 7.74. The van der Waals surface area contributed by atoms with Gasteiger partial charge in [-0.1, -0.05) is 18.2 Å². The maximum Gasteiger partial charge on any atom is 0.311 e. The van der Waals surface area contributed by atoms with Crippen molar-refractivity contribution in [2.75, 3.05) is 37.2 Å². The molecule has 0 saturated carbocycles. The molecule has 1 saturated heterocycles. The number of carbonyl (C=O) groups is 1. The number of carbonyl (C=O) groups excluding carboxylic acids is 1. The van der Waals surface area contributed by atoms with Crippen LogP contribution < -0.4 is 4.31 Å². The van der Waals surface area contributed by atoms with Crippen LogP contribution in [-0.4, -0.2) is 67.3 Å². The maximum atomic E-state index is 13.3. The summed E-state index contributed by atoms with van der Waals surface area (Å²) in [6.07, 6.45) is 3.00. The van der Waals surface area contributed by atoms with Gasteiger partial charge in [0.05, 0.1) is 18.9 Å². The van der Waals surface area contributed by atoms with Crippen molar-refractivity contribution < 1.29 is 22.4 Å². The number of aromatic nitrogens is 3. The molecule has 11 heteroatoms. The first kappa shape index (κ1) is 19.8. The number of aryl methyl sites for hydroxylation is 1. The molecule has 2 aromatic heterocycles. The van der Waals surface area contributed by atoms with Gasteiger partial charge in [0.25, 0.3) is 15.9 Å². The third kappa shape index (κ3) is 3.59. The second-order valence-corrected chi connectivity index (χ2v) is 9.24. The average Bonchev–Trinajstić information content (AvgIpc) is 3.49. The highest BCUT2D eigenvalue weighted by molar-refractivity contribution is 7.92. The van der Waals surface area contributed by atoms with E-state index >= 15 is 0 Å². The Balaban J connectivity index is 1.39. The highest BCUT2D eigenvalue weighted by atomic mass is 32.2. The largest absolute Gasteiger partial charge is 0.411 e. The van der Waals surface area contributed by atoms with Crippen molar-refractivity contribution in [1.29, 1.82) is 0 Å². The number of benzene rings is 1. The normalized spacial score (nSPS) is 16.9. The zero-order chi connectivity index (χ0) is 21.4. The van der Waals surface area contributed by atoms with Crippen molar-refractivity contribution in [2.24, 2.45) is 0 Å². The molecule has 31 heavy (non-hydrogen) atoms. The lowest BCUT2D eigenvalue weighted by molar-refractivity contribution is 0.0278. The summed E-state index contributed by atoms with van der Waals surface area (Å²) in [6.45, 7) is 2.25. The van der Waals surface area contributed by atoms with Gasteiger partial charge in [-0.25, -0.2) is 8.42 Å². The first-order valence-electron chi connectivity index (χ1n) is 10.0. The molecule has 0 atom stereocenters. The Kier molecular flexibility index (Phi) is 4.98. The van der Waals surface area contributed by atoms with Crippen LogP contribution in [0.5, 0.6) is 0 Å². The zero-order valence-corrected chi connectivity index (χ0v) is 17.5. The van der Waals surface area contributed by atoms with Crippen molar-refractivity contribution in [1.82, 2.24) is 20.1 Å². The molecule has 2 aliphatic heterocycles. The van der Waals surface area contributed by atoms with Crippen LogP contribution >= 0.6 is 0 Å². The molecule has 5 rings (SSSR count). The molecule has 0 radical (unpaired) electrons. The molecule has 3 aromatic rings. The SMILES string of the molecule is O=C(c1nnc(-c2cc(S(=O)(=O)N3CCCc4ccccc43)c[nH]2)o1)N1CCOCC1. The molecule has 10 nitrogen and oxygen atoms in total. The van der Waals surface area contributed by atoms with E-state index in [1.165, 1.54) is 16.6 Å². The van der Waals surface area contributed by atoms with E-state index in [2.05, 4.69) is 15.2 Å². The number of hydrogen-bond acceptors (Lipinski definition) is 7. The van der Waals surface area contributed by atoms with Gasteiger partial charge in [0.1, 0.15) is 10.6 Å². The summed E-state index contributed by atoms with van der Waals surface area (Å²) in [6, 6.07) is 8.96. The number of ether oxygens (including phenoxy) is 1. The lowest BCUT2D eigenvalue weighted by Gasteiger charge is -2.30. The number of morpholine rings is 1. The van der Waals surface area contributed by atoms with Crippen LogP contribution in [0.15, 0.2) is 45.8 Å². The number of rotatable bonds is 4. The molecule has 0 spiro atoms. The van der Waals surface area contributed by atoms with Crippen LogP contribution in [0.1, 0.15) is 22.7 Å². The van der Waals surface area contributed by atoms with Crippen LogP contribution in [0.3, 0.4) is 0 Å². The minimum atomic E-state index is -3.77. The van der Waals surface area contributed by atoms with E-state index in [9.17, 15) is 13.2 Å². The van der Waals surface area contributed by atoms with Crippen LogP contribution in [0.4, 0.5) is 5.69 Å². The summed E-state index contributed by atoms with van der Waals surface area (Å²) in [5.74, 6) is -0.454. The van der Waals surface area contributed by atoms with E-state index in [-0.39, 0.29) is 22.6 Å². The maximum absolute atomic E-state index is 13.3. The molecule has 0 aliphatic carbocycles. The van der Waals surface area contributed by atoms with Gasteiger partial charge >= 0.3 is 11.8 Å². The highest BCUT2D eigenvalue weighted by Gasteiger charge is 2.30. The Hall–Kier alpha value is -3.18. The molecule has 4 heterocycles. The number of fused-ring (bicyclic) bond motifs is 1. The number of sulfonamides is 1. The standard InChI is InChI=1S/C20H21N5O5S/c26-20(24-8-10-29-11-9-24)19-23-22-18(30-19)16-12-15(13-21-16)31(27,28)25-7-3-5-14-4-1-2-6-17(14)25/h1-2,4,6,12-13,21H,3,5,7-11H2. The predicted molar refractivity (Wildman–Crippen MR) is 110 cm³/mol. The van der Waals surface area contributed by atoms with Gasteiger partial charge in [0.2, 0.25) is 0 Å². The van der Waals surface area contributed by atoms with Gasteiger partial charge in [-0.2, -0.15) is 0 Å². The van der Waals surface area contributed by atoms with E-state index in [1.54, 1.807) is 4.90 Å². The van der Waals surface area contributed by atoms with Gasteiger partial charge in [0.15, 0.2) is 0 Å². The molecule has 1 N–H and O–H groups in total. The van der Waals surface area contributed by atoms with Crippen LogP contribution in [-0.2, 0) is 21.2 Å². The summed E-state index contributed by atoms with van der Waals surface area (Å²) < 4.78 is 38.8. The average molecular weight is 443 g/mol. The van der Waals surface area contributed by atoms with Gasteiger partial charge < -0.3 is 19.0 Å². The van der Waals surface area contributed by atoms with Crippen molar-refractivity contribution >= 4 is 21.6 Å². The van der Waals surface area contributed by atoms with Crippen molar-refractivity contribution in [3.63, 3.8) is 0 Å². The third-order valence-electron chi connectivity index (χ3n) is 5.45. The van der Waals surface area contributed by atoms with E-state index in [1.807, 2.05) is 24.3 Å². The number of hydrogen-bond donors (Lipinski definition) is 1. The lowest BCUT2D eigenvalue weighted by Crippen LogP contribution is -2.40. The van der Waals surface area contributed by atoms with E-state index < -0.39 is 10.0 Å². The fraction of sp³-hybridized carbons (Fsp3) is 0.350. The minimum absolute atomic E-state index is 0.0529. The summed E-state index contributed by atoms with van der Waals surface area (Å²) >= 11 is 0. The minimum Gasteiger partial charge on any atom is -0.411 e. The second-order valence-electron chi connectivity index (χ2n) is 7.38. The van der Waals surface area contributed by atoms with Crippen molar-refractivity contribution in [3.05, 3.63) is 48.0 Å². The number of anilines is 1. The monoisotopic (exact) mass is 443 g/mol. The van der Waals surface area contributed by atoms with E-state index in [0.29, 0.717) is 44.2 Å². The Labute approximate surface area is 178 Å². The van der Waals surface area contributed by atoms with Gasteiger partial charge in [0, 0.05) is 25.8 Å². The molecule has 0 unspecified atom stereocenters. The Morgan fingerprint density at radius 1 is 1.10 bits per heavy atom. The van der Waals surface area contributed by atoms with E-state index in [0.717, 1.165) is 18.4 Å². The predicted octanol–water partition coefficient (Wildman–Crippen LogP) is 1.68. The molecular formula is C20H21N5O5S. The Morgan fingerprint density at radius 3 is 2.74 bits per heavy atom. The Morgan fingerprint density at radius 2 is 1.90 bits per heavy atom. The van der Waals surface area contributed by atoms with Crippen molar-refractivity contribution in [3.8, 4) is 11.6 Å². The molecule has 1 aromatic carbocycles. The molecular weight excluding hydrogens is 422 g/mol. The number of nitrogens with zero attached hydrogens (tertiary/aromatic N) is 4. The van der Waals surface area contributed by atoms with Gasteiger partial charge in [-0.15, -0.1) is 10.2 Å². The van der Waals surface area contributed by atoms with Crippen molar-refractivity contribution in [2.45, 2.75) is 17.7 Å². The highest BCUT2D eigenvalue weighted by Crippen LogP contribution is 2.32. The second kappa shape index (κ2) is 7.82. The summed E-state index contributed by atoms with van der Waals surface area (Å²) in [7, 11) is -3.77. The fourth-order valence-electron chi connectivity index (χ4n) is 3.84. The molecule has 1 fully saturated rings. The number of aromatic amines is 1. The molecule has 162 valence electrons.